The van der Waals surface area contributed by atoms with E-state index in [-0.39, 0.29) is 0 Å². The minimum atomic E-state index is 0.428. The normalized spacial score (nSPS) is 11.3. The lowest BCUT2D eigenvalue weighted by Gasteiger charge is -2.08. The number of aromatic nitrogens is 5. The number of para-hydroxylation sites is 1. The standard InChI is InChI=1S/C27H23N5O/c1-2-8-22(15-17-27-29-31-32-30-27)21(7-1)13-12-20-6-5-10-25(18-20)33-19-24-16-14-23-9-3-4-11-26(23)28-24/h1-14,16,18H,15,17,19H2,(H,29,30,31,32)/b13-12+. The van der Waals surface area contributed by atoms with Gasteiger partial charge in [-0.3, -0.25) is 0 Å². The van der Waals surface area contributed by atoms with Crippen molar-refractivity contribution in [3.8, 4) is 5.75 Å². The molecule has 0 saturated heterocycles. The van der Waals surface area contributed by atoms with Crippen molar-refractivity contribution >= 4 is 23.1 Å². The SMILES string of the molecule is C(=C\c1ccccc1CCc1nnn[nH]1)/c1cccc(OCc2ccc3ccccc3n2)c1. The van der Waals surface area contributed by atoms with Gasteiger partial charge in [0.05, 0.1) is 11.2 Å². The number of hydrogen-bond acceptors (Lipinski definition) is 5. The number of hydrogen-bond donors (Lipinski definition) is 1. The Bertz CT molecular complexity index is 1380. The smallest absolute Gasteiger partial charge is 0.148 e. The van der Waals surface area contributed by atoms with Crippen molar-refractivity contribution in [3.63, 3.8) is 0 Å². The van der Waals surface area contributed by atoms with Gasteiger partial charge in [0.15, 0.2) is 0 Å². The fraction of sp³-hybridized carbons (Fsp3) is 0.111. The molecule has 0 spiro atoms. The molecule has 0 radical (unpaired) electrons. The highest BCUT2D eigenvalue weighted by Crippen LogP contribution is 2.20. The van der Waals surface area contributed by atoms with Crippen LogP contribution in [0.5, 0.6) is 5.75 Å². The maximum absolute atomic E-state index is 6.02. The zero-order valence-corrected chi connectivity index (χ0v) is 18.1. The molecule has 0 saturated carbocycles. The molecule has 162 valence electrons. The Balaban J connectivity index is 1.25. The van der Waals surface area contributed by atoms with Crippen molar-refractivity contribution in [2.24, 2.45) is 0 Å². The number of nitrogens with one attached hydrogen (secondary N) is 1. The third-order valence-electron chi connectivity index (χ3n) is 5.43. The molecule has 0 fully saturated rings. The minimum absolute atomic E-state index is 0.428. The summed E-state index contributed by atoms with van der Waals surface area (Å²) in [6.45, 7) is 0.428. The van der Waals surface area contributed by atoms with Gasteiger partial charge < -0.3 is 4.74 Å². The average molecular weight is 434 g/mol. The van der Waals surface area contributed by atoms with Gasteiger partial charge in [-0.2, -0.15) is 0 Å². The Kier molecular flexibility index (Phi) is 6.15. The quantitative estimate of drug-likeness (QED) is 0.337. The summed E-state index contributed by atoms with van der Waals surface area (Å²) in [5.41, 5.74) is 5.39. The largest absolute Gasteiger partial charge is 0.487 e. The third kappa shape index (κ3) is 5.30. The van der Waals surface area contributed by atoms with Gasteiger partial charge in [-0.1, -0.05) is 72.8 Å². The van der Waals surface area contributed by atoms with Crippen molar-refractivity contribution in [2.75, 3.05) is 0 Å². The van der Waals surface area contributed by atoms with E-state index in [2.05, 4.69) is 80.2 Å². The van der Waals surface area contributed by atoms with Crippen LogP contribution in [0.3, 0.4) is 0 Å². The van der Waals surface area contributed by atoms with E-state index in [1.165, 1.54) is 11.1 Å². The predicted octanol–water partition coefficient (Wildman–Crippen LogP) is 5.28. The Morgan fingerprint density at radius 1 is 0.818 bits per heavy atom. The van der Waals surface area contributed by atoms with Gasteiger partial charge in [-0.25, -0.2) is 10.1 Å². The van der Waals surface area contributed by atoms with Crippen LogP contribution >= 0.6 is 0 Å². The zero-order chi connectivity index (χ0) is 22.3. The molecular formula is C27H23N5O. The Labute approximate surface area is 192 Å². The van der Waals surface area contributed by atoms with Crippen molar-refractivity contribution in [2.45, 2.75) is 19.4 Å². The van der Waals surface area contributed by atoms with E-state index in [1.807, 2.05) is 42.5 Å². The highest BCUT2D eigenvalue weighted by atomic mass is 16.5. The molecule has 2 heterocycles. The molecule has 5 rings (SSSR count). The van der Waals surface area contributed by atoms with E-state index in [0.29, 0.717) is 6.61 Å². The number of rotatable bonds is 8. The Morgan fingerprint density at radius 2 is 1.73 bits per heavy atom. The molecule has 3 aromatic carbocycles. The summed E-state index contributed by atoms with van der Waals surface area (Å²) in [4.78, 5) is 4.68. The molecule has 6 heteroatoms. The zero-order valence-electron chi connectivity index (χ0n) is 18.1. The molecule has 0 aliphatic rings. The maximum Gasteiger partial charge on any atom is 0.148 e. The van der Waals surface area contributed by atoms with E-state index in [9.17, 15) is 0 Å². The van der Waals surface area contributed by atoms with Gasteiger partial charge >= 0.3 is 0 Å². The second-order valence-corrected chi connectivity index (χ2v) is 7.74. The lowest BCUT2D eigenvalue weighted by Crippen LogP contribution is -1.98. The van der Waals surface area contributed by atoms with Crippen molar-refractivity contribution in [3.05, 3.63) is 113 Å². The molecule has 0 aliphatic carbocycles. The first-order valence-corrected chi connectivity index (χ1v) is 10.9. The van der Waals surface area contributed by atoms with Gasteiger partial charge in [-0.05, 0) is 57.8 Å². The maximum atomic E-state index is 6.02. The highest BCUT2D eigenvalue weighted by Gasteiger charge is 2.03. The van der Waals surface area contributed by atoms with Gasteiger partial charge in [-0.15, -0.1) is 5.10 Å². The number of benzene rings is 3. The number of fused-ring (bicyclic) bond motifs is 1. The van der Waals surface area contributed by atoms with Crippen LogP contribution in [0.25, 0.3) is 23.1 Å². The van der Waals surface area contributed by atoms with Crippen molar-refractivity contribution in [1.29, 1.82) is 0 Å². The summed E-state index contributed by atoms with van der Waals surface area (Å²) in [6.07, 6.45) is 5.87. The van der Waals surface area contributed by atoms with Crippen molar-refractivity contribution < 1.29 is 4.74 Å². The summed E-state index contributed by atoms with van der Waals surface area (Å²) >= 11 is 0. The second kappa shape index (κ2) is 9.87. The molecular weight excluding hydrogens is 410 g/mol. The third-order valence-corrected chi connectivity index (χ3v) is 5.43. The molecule has 33 heavy (non-hydrogen) atoms. The van der Waals surface area contributed by atoms with Crippen molar-refractivity contribution in [1.82, 2.24) is 25.6 Å². The number of aryl methyl sites for hydroxylation is 2. The van der Waals surface area contributed by atoms with Gasteiger partial charge in [0.2, 0.25) is 0 Å². The predicted molar refractivity (Wildman–Crippen MR) is 129 cm³/mol. The van der Waals surface area contributed by atoms with E-state index in [1.54, 1.807) is 0 Å². The fourth-order valence-electron chi connectivity index (χ4n) is 3.70. The summed E-state index contributed by atoms with van der Waals surface area (Å²) in [6, 6.07) is 28.6. The van der Waals surface area contributed by atoms with Crippen LogP contribution in [0.1, 0.15) is 28.2 Å². The topological polar surface area (TPSA) is 76.6 Å². The minimum Gasteiger partial charge on any atom is -0.487 e. The molecule has 2 aromatic heterocycles. The molecule has 0 amide bonds. The summed E-state index contributed by atoms with van der Waals surface area (Å²) in [5.74, 6) is 1.61. The van der Waals surface area contributed by atoms with Crippen LogP contribution < -0.4 is 4.74 Å². The Hall–Kier alpha value is -4.32. The molecule has 0 aliphatic heterocycles. The van der Waals surface area contributed by atoms with Crippen LogP contribution in [0.4, 0.5) is 0 Å². The number of ether oxygens (including phenoxy) is 1. The van der Waals surface area contributed by atoms with Crippen LogP contribution in [0.2, 0.25) is 0 Å². The molecule has 0 bridgehead atoms. The first-order valence-electron chi connectivity index (χ1n) is 10.9. The first-order chi connectivity index (χ1) is 16.3. The number of tetrazole rings is 1. The molecule has 6 nitrogen and oxygen atoms in total. The summed E-state index contributed by atoms with van der Waals surface area (Å²) < 4.78 is 6.02. The number of H-pyrrole nitrogens is 1. The van der Waals surface area contributed by atoms with Crippen LogP contribution in [0.15, 0.2) is 84.9 Å². The summed E-state index contributed by atoms with van der Waals surface area (Å²) in [5, 5.41) is 15.2. The van der Waals surface area contributed by atoms with Crippen LogP contribution in [-0.2, 0) is 19.4 Å². The number of pyridine rings is 1. The first kappa shape index (κ1) is 20.6. The molecule has 0 unspecified atom stereocenters. The fourth-order valence-corrected chi connectivity index (χ4v) is 3.70. The average Bonchev–Trinajstić information content (AvgIpc) is 3.39. The van der Waals surface area contributed by atoms with E-state index >= 15 is 0 Å². The molecule has 5 aromatic rings. The highest BCUT2D eigenvalue weighted by molar-refractivity contribution is 5.78. The number of nitrogens with zero attached hydrogens (tertiary/aromatic N) is 4. The lowest BCUT2D eigenvalue weighted by atomic mass is 10.0. The van der Waals surface area contributed by atoms with Crippen LogP contribution in [0, 0.1) is 0 Å². The van der Waals surface area contributed by atoms with Gasteiger partial charge in [0, 0.05) is 11.8 Å². The van der Waals surface area contributed by atoms with Crippen LogP contribution in [-0.4, -0.2) is 25.6 Å². The second-order valence-electron chi connectivity index (χ2n) is 7.74. The number of aromatic amines is 1. The molecule has 1 N–H and O–H groups in total. The Morgan fingerprint density at radius 3 is 2.67 bits per heavy atom. The molecule has 0 atom stereocenters. The monoisotopic (exact) mass is 433 g/mol. The van der Waals surface area contributed by atoms with Gasteiger partial charge in [0.1, 0.15) is 18.2 Å². The van der Waals surface area contributed by atoms with E-state index < -0.39 is 0 Å². The van der Waals surface area contributed by atoms with E-state index in [0.717, 1.165) is 46.6 Å². The van der Waals surface area contributed by atoms with E-state index in [4.69, 9.17) is 4.74 Å². The summed E-state index contributed by atoms with van der Waals surface area (Å²) in [7, 11) is 0. The van der Waals surface area contributed by atoms with Gasteiger partial charge in [0.25, 0.3) is 0 Å². The lowest BCUT2D eigenvalue weighted by molar-refractivity contribution is 0.302.